The normalized spacial score (nSPS) is 11.4. The molecule has 0 saturated carbocycles. The highest BCUT2D eigenvalue weighted by Gasteiger charge is 2.08. The van der Waals surface area contributed by atoms with Gasteiger partial charge in [-0.05, 0) is 0 Å². The van der Waals surface area contributed by atoms with Gasteiger partial charge in [0.15, 0.2) is 0 Å². The van der Waals surface area contributed by atoms with Crippen molar-refractivity contribution in [3.05, 3.63) is 23.6 Å². The van der Waals surface area contributed by atoms with Gasteiger partial charge in [0, 0.05) is 17.6 Å². The number of hydrogen-bond donors (Lipinski definition) is 0. The highest BCUT2D eigenvalue weighted by Crippen LogP contribution is 2.17. The summed E-state index contributed by atoms with van der Waals surface area (Å²) in [6.07, 6.45) is 0.568. The maximum Gasteiger partial charge on any atom is 0.257 e. The fourth-order valence-electron chi connectivity index (χ4n) is 1.22. The van der Waals surface area contributed by atoms with E-state index in [2.05, 4.69) is 10.1 Å². The predicted octanol–water partition coefficient (Wildman–Crippen LogP) is 2.35. The zero-order valence-corrected chi connectivity index (χ0v) is 7.75. The molecule has 0 amide bonds. The molecule has 0 aromatic carbocycles. The van der Waals surface area contributed by atoms with E-state index in [9.17, 15) is 8.78 Å². The fourth-order valence-corrected chi connectivity index (χ4v) is 1.38. The van der Waals surface area contributed by atoms with E-state index in [-0.39, 0.29) is 5.15 Å². The van der Waals surface area contributed by atoms with Crippen LogP contribution in [0.1, 0.15) is 0 Å². The molecule has 0 unspecified atom stereocenters. The molecule has 0 atom stereocenters. The molecule has 0 N–H and O–H groups in total. The van der Waals surface area contributed by atoms with Crippen molar-refractivity contribution in [2.45, 2.75) is 13.0 Å². The second-order valence-corrected chi connectivity index (χ2v) is 3.17. The van der Waals surface area contributed by atoms with Gasteiger partial charge in [-0.2, -0.15) is 5.10 Å². The minimum atomic E-state index is -2.43. The van der Waals surface area contributed by atoms with Gasteiger partial charge in [0.1, 0.15) is 11.7 Å². The number of pyridine rings is 1. The van der Waals surface area contributed by atoms with Gasteiger partial charge in [0.25, 0.3) is 6.43 Å². The van der Waals surface area contributed by atoms with Gasteiger partial charge in [0.2, 0.25) is 0 Å². The lowest BCUT2D eigenvalue weighted by atomic mass is 10.3. The third kappa shape index (κ3) is 1.68. The van der Waals surface area contributed by atoms with Crippen LogP contribution in [0.25, 0.3) is 10.9 Å². The third-order valence-electron chi connectivity index (χ3n) is 1.80. The molecule has 0 aliphatic rings. The SMILES string of the molecule is FC(F)Cn1ncc2cnc(Cl)cc21. The first-order chi connectivity index (χ1) is 6.66. The van der Waals surface area contributed by atoms with Crippen molar-refractivity contribution in [2.24, 2.45) is 0 Å². The van der Waals surface area contributed by atoms with Gasteiger partial charge in [-0.1, -0.05) is 11.6 Å². The largest absolute Gasteiger partial charge is 0.259 e. The summed E-state index contributed by atoms with van der Waals surface area (Å²) in [6, 6.07) is 1.52. The highest BCUT2D eigenvalue weighted by molar-refractivity contribution is 6.29. The Balaban J connectivity index is 2.50. The maximum atomic E-state index is 12.1. The Morgan fingerprint density at radius 3 is 2.93 bits per heavy atom. The summed E-state index contributed by atoms with van der Waals surface area (Å²) in [4.78, 5) is 3.82. The Bertz CT molecular complexity index is 455. The van der Waals surface area contributed by atoms with Gasteiger partial charge in [0.05, 0.1) is 11.7 Å². The quantitative estimate of drug-likeness (QED) is 0.723. The van der Waals surface area contributed by atoms with Crippen LogP contribution in [-0.4, -0.2) is 21.2 Å². The minimum absolute atomic E-state index is 0.272. The summed E-state index contributed by atoms with van der Waals surface area (Å²) >= 11 is 5.64. The molecule has 2 rings (SSSR count). The molecule has 0 radical (unpaired) electrons. The van der Waals surface area contributed by atoms with E-state index in [1.54, 1.807) is 0 Å². The van der Waals surface area contributed by atoms with Crippen molar-refractivity contribution in [1.82, 2.24) is 14.8 Å². The van der Waals surface area contributed by atoms with Crippen molar-refractivity contribution in [2.75, 3.05) is 0 Å². The zero-order chi connectivity index (χ0) is 10.1. The third-order valence-corrected chi connectivity index (χ3v) is 2.01. The monoisotopic (exact) mass is 217 g/mol. The summed E-state index contributed by atoms with van der Waals surface area (Å²) in [5.41, 5.74) is 0.574. The van der Waals surface area contributed by atoms with Crippen LogP contribution in [0, 0.1) is 0 Å². The summed E-state index contributed by atoms with van der Waals surface area (Å²) in [5, 5.41) is 4.79. The van der Waals surface area contributed by atoms with Gasteiger partial charge in [-0.25, -0.2) is 13.8 Å². The van der Waals surface area contributed by atoms with Gasteiger partial charge >= 0.3 is 0 Å². The van der Waals surface area contributed by atoms with E-state index >= 15 is 0 Å². The Morgan fingerprint density at radius 1 is 1.43 bits per heavy atom. The Hall–Kier alpha value is -1.23. The molecular formula is C8H6ClF2N3. The molecular weight excluding hydrogens is 212 g/mol. The van der Waals surface area contributed by atoms with E-state index in [0.717, 1.165) is 0 Å². The standard InChI is InChI=1S/C8H6ClF2N3/c9-7-1-6-5(2-12-7)3-13-14(6)4-8(10)11/h1-3,8H,4H2. The first kappa shape index (κ1) is 9.33. The van der Waals surface area contributed by atoms with Crippen molar-refractivity contribution in [1.29, 1.82) is 0 Å². The Morgan fingerprint density at radius 2 is 2.21 bits per heavy atom. The van der Waals surface area contributed by atoms with Crippen molar-refractivity contribution in [3.63, 3.8) is 0 Å². The van der Waals surface area contributed by atoms with Crippen LogP contribution in [-0.2, 0) is 6.54 Å². The zero-order valence-electron chi connectivity index (χ0n) is 6.99. The van der Waals surface area contributed by atoms with Crippen molar-refractivity contribution in [3.8, 4) is 0 Å². The van der Waals surface area contributed by atoms with Gasteiger partial charge in [-0.15, -0.1) is 0 Å². The Labute approximate surface area is 83.3 Å². The van der Waals surface area contributed by atoms with Crippen LogP contribution in [0.5, 0.6) is 0 Å². The summed E-state index contributed by atoms with van der Waals surface area (Å²) in [6.45, 7) is -0.427. The molecule has 0 spiro atoms. The van der Waals surface area contributed by atoms with Crippen LogP contribution in [0.2, 0.25) is 5.15 Å². The second kappa shape index (κ2) is 3.49. The lowest BCUT2D eigenvalue weighted by molar-refractivity contribution is 0.123. The smallest absolute Gasteiger partial charge is 0.257 e. The number of aromatic nitrogens is 3. The van der Waals surface area contributed by atoms with Crippen molar-refractivity contribution < 1.29 is 8.78 Å². The van der Waals surface area contributed by atoms with Crippen LogP contribution < -0.4 is 0 Å². The molecule has 0 saturated heterocycles. The molecule has 6 heteroatoms. The molecule has 0 aliphatic heterocycles. The summed E-state index contributed by atoms with van der Waals surface area (Å²) in [5.74, 6) is 0. The molecule has 2 aromatic rings. The highest BCUT2D eigenvalue weighted by atomic mass is 35.5. The number of alkyl halides is 2. The van der Waals surface area contributed by atoms with Gasteiger partial charge in [-0.3, -0.25) is 4.68 Å². The second-order valence-electron chi connectivity index (χ2n) is 2.78. The van der Waals surface area contributed by atoms with Crippen molar-refractivity contribution >= 4 is 22.5 Å². The fraction of sp³-hybridized carbons (Fsp3) is 0.250. The predicted molar refractivity (Wildman–Crippen MR) is 48.5 cm³/mol. The van der Waals surface area contributed by atoms with Crippen LogP contribution in [0.4, 0.5) is 8.78 Å². The number of nitrogens with zero attached hydrogens (tertiary/aromatic N) is 3. The molecule has 2 aromatic heterocycles. The molecule has 0 bridgehead atoms. The van der Waals surface area contributed by atoms with E-state index in [4.69, 9.17) is 11.6 Å². The maximum absolute atomic E-state index is 12.1. The number of halogens is 3. The molecule has 0 fully saturated rings. The first-order valence-corrected chi connectivity index (χ1v) is 4.30. The van der Waals surface area contributed by atoms with Crippen LogP contribution in [0.3, 0.4) is 0 Å². The van der Waals surface area contributed by atoms with Gasteiger partial charge < -0.3 is 0 Å². The van der Waals surface area contributed by atoms with E-state index in [1.165, 1.54) is 23.1 Å². The number of rotatable bonds is 2. The average molecular weight is 218 g/mol. The lowest BCUT2D eigenvalue weighted by Crippen LogP contribution is -2.07. The topological polar surface area (TPSA) is 30.7 Å². The number of fused-ring (bicyclic) bond motifs is 1. The number of hydrogen-bond acceptors (Lipinski definition) is 2. The Kier molecular flexibility index (Phi) is 2.33. The van der Waals surface area contributed by atoms with Crippen LogP contribution >= 0.6 is 11.6 Å². The first-order valence-electron chi connectivity index (χ1n) is 3.92. The molecule has 3 nitrogen and oxygen atoms in total. The molecule has 14 heavy (non-hydrogen) atoms. The lowest BCUT2D eigenvalue weighted by Gasteiger charge is -2.01. The molecule has 0 aliphatic carbocycles. The van der Waals surface area contributed by atoms with E-state index in [1.807, 2.05) is 0 Å². The minimum Gasteiger partial charge on any atom is -0.259 e. The summed E-state index contributed by atoms with van der Waals surface area (Å²) < 4.78 is 25.4. The molecule has 2 heterocycles. The summed E-state index contributed by atoms with van der Waals surface area (Å²) in [7, 11) is 0. The average Bonchev–Trinajstić information content (AvgIpc) is 2.47. The molecule has 74 valence electrons. The van der Waals surface area contributed by atoms with E-state index in [0.29, 0.717) is 10.9 Å². The van der Waals surface area contributed by atoms with E-state index < -0.39 is 13.0 Å². The van der Waals surface area contributed by atoms with Crippen LogP contribution in [0.15, 0.2) is 18.5 Å².